The molecule has 1 fully saturated rings. The minimum atomic E-state index is 0.779. The maximum Gasteiger partial charge on any atom is 0.0352 e. The molecule has 25 heavy (non-hydrogen) atoms. The Bertz CT molecular complexity index is 844. The van der Waals surface area contributed by atoms with Crippen molar-refractivity contribution in [3.8, 4) is 0 Å². The molecule has 2 aliphatic carbocycles. The molecular weight excluding hydrogens is 320 g/mol. The van der Waals surface area contributed by atoms with E-state index in [2.05, 4.69) is 62.1 Å². The van der Waals surface area contributed by atoms with E-state index in [1.807, 2.05) is 31.3 Å². The highest BCUT2D eigenvalue weighted by Crippen LogP contribution is 2.56. The molecule has 0 N–H and O–H groups in total. The molecule has 0 bridgehead atoms. The zero-order valence-electron chi connectivity index (χ0n) is 15.6. The third kappa shape index (κ3) is 3.57. The van der Waals surface area contributed by atoms with E-state index in [1.54, 1.807) is 5.56 Å². The number of allylic oxidation sites excluding steroid dienone is 6. The van der Waals surface area contributed by atoms with E-state index in [-0.39, 0.29) is 0 Å². The Morgan fingerprint density at radius 2 is 2.16 bits per heavy atom. The fraction of sp³-hybridized carbons (Fsp3) is 0.333. The molecular formula is C24H28S. The predicted octanol–water partition coefficient (Wildman–Crippen LogP) is 7.98. The summed E-state index contributed by atoms with van der Waals surface area (Å²) in [4.78, 5) is 1.48. The quantitative estimate of drug-likeness (QED) is 0.480. The van der Waals surface area contributed by atoms with Gasteiger partial charge in [-0.05, 0) is 65.0 Å². The number of hydrogen-bond donors (Lipinski definition) is 0. The van der Waals surface area contributed by atoms with Crippen LogP contribution in [-0.2, 0) is 0 Å². The first-order chi connectivity index (χ1) is 12.3. The van der Waals surface area contributed by atoms with E-state index in [9.17, 15) is 0 Å². The Hall–Kier alpha value is -1.86. The van der Waals surface area contributed by atoms with Gasteiger partial charge in [0.2, 0.25) is 0 Å². The van der Waals surface area contributed by atoms with Gasteiger partial charge in [-0.15, -0.1) is 11.3 Å². The SMILES string of the molecule is C=C/C=C(\C=C/CCC)c1ccc2sc3c(c2c1)C1CC1C=C3.CC. The monoisotopic (exact) mass is 348 g/mol. The van der Waals surface area contributed by atoms with Crippen LogP contribution in [0.5, 0.6) is 0 Å². The van der Waals surface area contributed by atoms with Crippen LogP contribution in [0, 0.1) is 5.92 Å². The van der Waals surface area contributed by atoms with Crippen LogP contribution in [-0.4, -0.2) is 0 Å². The molecule has 1 aromatic heterocycles. The zero-order valence-corrected chi connectivity index (χ0v) is 16.4. The lowest BCUT2D eigenvalue weighted by Gasteiger charge is -2.06. The van der Waals surface area contributed by atoms with Crippen LogP contribution in [0.25, 0.3) is 21.7 Å². The Morgan fingerprint density at radius 3 is 2.92 bits per heavy atom. The van der Waals surface area contributed by atoms with E-state index in [4.69, 9.17) is 0 Å². The van der Waals surface area contributed by atoms with Crippen molar-refractivity contribution in [1.82, 2.24) is 0 Å². The second kappa shape index (κ2) is 8.01. The molecule has 2 aromatic rings. The van der Waals surface area contributed by atoms with Gasteiger partial charge in [0.1, 0.15) is 0 Å². The van der Waals surface area contributed by atoms with E-state index in [0.29, 0.717) is 0 Å². The number of hydrogen-bond acceptors (Lipinski definition) is 1. The summed E-state index contributed by atoms with van der Waals surface area (Å²) < 4.78 is 1.42. The zero-order chi connectivity index (χ0) is 17.8. The number of unbranched alkanes of at least 4 members (excludes halogenated alkanes) is 1. The maximum absolute atomic E-state index is 3.88. The minimum Gasteiger partial charge on any atom is -0.136 e. The molecule has 0 radical (unpaired) electrons. The van der Waals surface area contributed by atoms with Crippen molar-refractivity contribution < 1.29 is 0 Å². The van der Waals surface area contributed by atoms with Crippen molar-refractivity contribution in [1.29, 1.82) is 0 Å². The molecule has 130 valence electrons. The van der Waals surface area contributed by atoms with Gasteiger partial charge in [-0.3, -0.25) is 0 Å². The number of fused-ring (bicyclic) bond motifs is 5. The van der Waals surface area contributed by atoms with Crippen molar-refractivity contribution in [3.05, 3.63) is 71.2 Å². The lowest BCUT2D eigenvalue weighted by molar-refractivity contribution is 0.959. The molecule has 0 spiro atoms. The van der Waals surface area contributed by atoms with Crippen LogP contribution in [0.15, 0.2) is 55.2 Å². The van der Waals surface area contributed by atoms with Gasteiger partial charge in [-0.25, -0.2) is 0 Å². The van der Waals surface area contributed by atoms with Gasteiger partial charge in [0.05, 0.1) is 0 Å². The molecule has 0 nitrogen and oxygen atoms in total. The van der Waals surface area contributed by atoms with Crippen LogP contribution in [0.4, 0.5) is 0 Å². The van der Waals surface area contributed by atoms with E-state index >= 15 is 0 Å². The normalized spacial score (nSPS) is 20.8. The van der Waals surface area contributed by atoms with Gasteiger partial charge in [0.15, 0.2) is 0 Å². The molecule has 1 heteroatoms. The highest BCUT2D eigenvalue weighted by Gasteiger charge is 2.41. The molecule has 4 rings (SSSR count). The van der Waals surface area contributed by atoms with E-state index < -0.39 is 0 Å². The average Bonchev–Trinajstić information content (AvgIpc) is 3.35. The van der Waals surface area contributed by atoms with Crippen molar-refractivity contribution in [3.63, 3.8) is 0 Å². The largest absolute Gasteiger partial charge is 0.136 e. The maximum atomic E-state index is 3.88. The van der Waals surface area contributed by atoms with Crippen molar-refractivity contribution in [2.24, 2.45) is 5.92 Å². The first-order valence-corrected chi connectivity index (χ1v) is 10.4. The van der Waals surface area contributed by atoms with Crippen LogP contribution >= 0.6 is 11.3 Å². The summed E-state index contributed by atoms with van der Waals surface area (Å²) in [6, 6.07) is 6.94. The second-order valence-electron chi connectivity index (χ2n) is 6.50. The Morgan fingerprint density at radius 1 is 1.32 bits per heavy atom. The molecule has 1 heterocycles. The third-order valence-corrected chi connectivity index (χ3v) is 6.00. The van der Waals surface area contributed by atoms with Crippen molar-refractivity contribution in [2.75, 3.05) is 0 Å². The lowest BCUT2D eigenvalue weighted by Crippen LogP contribution is -1.88. The van der Waals surface area contributed by atoms with Gasteiger partial charge in [0, 0.05) is 9.58 Å². The Kier molecular flexibility index (Phi) is 5.75. The summed E-state index contributed by atoms with van der Waals surface area (Å²) in [5.74, 6) is 1.58. The van der Waals surface area contributed by atoms with Crippen LogP contribution in [0.1, 0.15) is 62.0 Å². The molecule has 2 atom stereocenters. The number of benzene rings is 1. The topological polar surface area (TPSA) is 0 Å². The molecule has 0 amide bonds. The van der Waals surface area contributed by atoms with Gasteiger partial charge >= 0.3 is 0 Å². The molecule has 0 aliphatic heterocycles. The lowest BCUT2D eigenvalue weighted by atomic mass is 9.97. The summed E-state index contributed by atoms with van der Waals surface area (Å²) in [5.41, 5.74) is 4.17. The highest BCUT2D eigenvalue weighted by atomic mass is 32.1. The second-order valence-corrected chi connectivity index (χ2v) is 7.59. The first kappa shape index (κ1) is 17.9. The van der Waals surface area contributed by atoms with Crippen molar-refractivity contribution >= 4 is 33.1 Å². The van der Waals surface area contributed by atoms with Crippen molar-refractivity contribution in [2.45, 2.75) is 46.0 Å². The standard InChI is InChI=1S/C22H22S.C2H6/c1-3-5-6-8-15(7-4-2)16-9-11-20-19(13-16)22-18-14-17(18)10-12-21(22)23-20;1-2/h4,6-13,17-18H,2-3,5,14H2,1H3;1-2H3/b8-6-,15-7+;. The summed E-state index contributed by atoms with van der Waals surface area (Å²) in [6.07, 6.45) is 16.9. The third-order valence-electron chi connectivity index (χ3n) is 4.84. The summed E-state index contributed by atoms with van der Waals surface area (Å²) in [5, 5.41) is 1.47. The van der Waals surface area contributed by atoms with Gasteiger partial charge in [0.25, 0.3) is 0 Å². The summed E-state index contributed by atoms with van der Waals surface area (Å²) in [6.45, 7) is 10.1. The van der Waals surface area contributed by atoms with Gasteiger partial charge in [-0.2, -0.15) is 0 Å². The average molecular weight is 349 g/mol. The number of rotatable bonds is 5. The minimum absolute atomic E-state index is 0.779. The van der Waals surface area contributed by atoms with Crippen LogP contribution in [0.2, 0.25) is 0 Å². The summed E-state index contributed by atoms with van der Waals surface area (Å²) in [7, 11) is 0. The fourth-order valence-electron chi connectivity index (χ4n) is 3.54. The predicted molar refractivity (Wildman–Crippen MR) is 115 cm³/mol. The highest BCUT2D eigenvalue weighted by molar-refractivity contribution is 7.20. The Balaban J connectivity index is 0.000000880. The van der Waals surface area contributed by atoms with Crippen LogP contribution < -0.4 is 0 Å². The molecule has 2 unspecified atom stereocenters. The molecule has 0 saturated heterocycles. The molecule has 1 saturated carbocycles. The fourth-order valence-corrected chi connectivity index (χ4v) is 4.71. The van der Waals surface area contributed by atoms with Gasteiger partial charge in [-0.1, -0.05) is 70.2 Å². The number of thiophene rings is 1. The molecule has 1 aromatic carbocycles. The summed E-state index contributed by atoms with van der Waals surface area (Å²) >= 11 is 1.94. The van der Waals surface area contributed by atoms with Gasteiger partial charge < -0.3 is 0 Å². The van der Waals surface area contributed by atoms with Crippen LogP contribution in [0.3, 0.4) is 0 Å². The smallest absolute Gasteiger partial charge is 0.0352 e. The first-order valence-electron chi connectivity index (χ1n) is 9.56. The van der Waals surface area contributed by atoms with E-state index in [0.717, 1.165) is 18.3 Å². The Labute approximate surface area is 156 Å². The molecule has 2 aliphatic rings. The van der Waals surface area contributed by atoms with E-state index in [1.165, 1.54) is 38.9 Å².